The van der Waals surface area contributed by atoms with Gasteiger partial charge < -0.3 is 25.1 Å². The average Bonchev–Trinajstić information content (AvgIpc) is 2.87. The summed E-state index contributed by atoms with van der Waals surface area (Å²) < 4.78 is 0. The van der Waals surface area contributed by atoms with E-state index in [4.69, 9.17) is 15.0 Å². The molecule has 3 aromatic rings. The molecule has 0 unspecified atom stereocenters. The second-order valence-corrected chi connectivity index (χ2v) is 8.76. The molecule has 1 saturated heterocycles. The molecule has 8 heteroatoms. The summed E-state index contributed by atoms with van der Waals surface area (Å²) in [7, 11) is 0. The number of rotatable bonds is 5. The van der Waals surface area contributed by atoms with Crippen LogP contribution in [0, 0.1) is 5.92 Å². The van der Waals surface area contributed by atoms with Gasteiger partial charge in [-0.05, 0) is 48.4 Å². The smallest absolute Gasteiger partial charge is 0.231 e. The predicted octanol–water partition coefficient (Wildman–Crippen LogP) is 2.55. The monoisotopic (exact) mass is 447 g/mol. The summed E-state index contributed by atoms with van der Waals surface area (Å²) in [5, 5.41) is 29.8. The van der Waals surface area contributed by atoms with Gasteiger partial charge in [0.25, 0.3) is 0 Å². The number of benzene rings is 2. The lowest BCUT2D eigenvalue weighted by Gasteiger charge is -2.37. The van der Waals surface area contributed by atoms with Crippen LogP contribution < -0.4 is 9.80 Å². The van der Waals surface area contributed by atoms with Crippen LogP contribution >= 0.6 is 0 Å². The van der Waals surface area contributed by atoms with Gasteiger partial charge in [-0.15, -0.1) is 0 Å². The highest BCUT2D eigenvalue weighted by molar-refractivity contribution is 5.61. The minimum absolute atomic E-state index is 0.0403. The third kappa shape index (κ3) is 4.36. The van der Waals surface area contributed by atoms with Gasteiger partial charge in [-0.1, -0.05) is 36.4 Å². The van der Waals surface area contributed by atoms with E-state index in [2.05, 4.69) is 21.9 Å². The van der Waals surface area contributed by atoms with E-state index >= 15 is 0 Å². The molecule has 3 heterocycles. The maximum Gasteiger partial charge on any atom is 0.231 e. The van der Waals surface area contributed by atoms with E-state index in [1.165, 1.54) is 5.56 Å². The summed E-state index contributed by atoms with van der Waals surface area (Å²) in [6.45, 7) is 2.39. The predicted molar refractivity (Wildman–Crippen MR) is 126 cm³/mol. The Bertz CT molecular complexity index is 1120. The van der Waals surface area contributed by atoms with Gasteiger partial charge in [-0.25, -0.2) is 0 Å². The van der Waals surface area contributed by atoms with Crippen molar-refractivity contribution in [3.63, 3.8) is 0 Å². The van der Waals surface area contributed by atoms with Crippen LogP contribution in [0.3, 0.4) is 0 Å². The highest BCUT2D eigenvalue weighted by Gasteiger charge is 2.30. The van der Waals surface area contributed by atoms with Gasteiger partial charge in [0, 0.05) is 31.8 Å². The normalized spacial score (nSPS) is 18.9. The largest absolute Gasteiger partial charge is 0.508 e. The Kier molecular flexibility index (Phi) is 6.11. The van der Waals surface area contributed by atoms with Gasteiger partial charge in [0.05, 0.1) is 12.6 Å². The third-order valence-corrected chi connectivity index (χ3v) is 6.71. The van der Waals surface area contributed by atoms with Crippen LogP contribution in [0.4, 0.5) is 11.9 Å². The number of phenolic OH excluding ortho intramolecular Hbond substituents is 1. The minimum atomic E-state index is -0.234. The number of nitrogens with zero attached hydrogens (tertiary/aromatic N) is 5. The summed E-state index contributed by atoms with van der Waals surface area (Å²) in [5.74, 6) is 2.07. The van der Waals surface area contributed by atoms with Crippen LogP contribution in [0.25, 0.3) is 11.4 Å². The molecule has 1 atom stereocenters. The molecule has 0 amide bonds. The van der Waals surface area contributed by atoms with E-state index in [-0.39, 0.29) is 25.0 Å². The summed E-state index contributed by atoms with van der Waals surface area (Å²) >= 11 is 0. The minimum Gasteiger partial charge on any atom is -0.508 e. The Morgan fingerprint density at radius 3 is 2.39 bits per heavy atom. The number of hydrogen-bond donors (Lipinski definition) is 3. The number of piperidine rings is 1. The quantitative estimate of drug-likeness (QED) is 0.548. The number of fused-ring (bicyclic) bond motifs is 1. The van der Waals surface area contributed by atoms with Gasteiger partial charge in [0.2, 0.25) is 11.9 Å². The molecule has 5 rings (SSSR count). The standard InChI is InChI=1S/C25H29N5O3/c31-15-17-8-11-29(12-9-17)24-26-23(19-5-3-6-20(33)14-19)27-25(28-24)30-13-10-18-4-1-2-7-21(18)22(30)16-32/h1-7,14,17,22,31-33H,8-13,15-16H2/t22-/m0/s1. The van der Waals surface area contributed by atoms with Crippen LogP contribution in [0.5, 0.6) is 5.75 Å². The number of aromatic nitrogens is 3. The van der Waals surface area contributed by atoms with Crippen molar-refractivity contribution in [3.8, 4) is 17.1 Å². The van der Waals surface area contributed by atoms with Crippen molar-refractivity contribution >= 4 is 11.9 Å². The van der Waals surface area contributed by atoms with Crippen LogP contribution in [-0.4, -0.2) is 63.1 Å². The zero-order chi connectivity index (χ0) is 22.8. The maximum atomic E-state index is 10.3. The van der Waals surface area contributed by atoms with E-state index in [9.17, 15) is 15.3 Å². The first kappa shape index (κ1) is 21.6. The summed E-state index contributed by atoms with van der Waals surface area (Å²) in [5.41, 5.74) is 3.04. The van der Waals surface area contributed by atoms with Crippen LogP contribution in [0.1, 0.15) is 30.0 Å². The third-order valence-electron chi connectivity index (χ3n) is 6.71. The fourth-order valence-electron chi connectivity index (χ4n) is 4.80. The lowest BCUT2D eigenvalue weighted by Crippen LogP contribution is -2.40. The summed E-state index contributed by atoms with van der Waals surface area (Å²) in [4.78, 5) is 18.6. The lowest BCUT2D eigenvalue weighted by atomic mass is 9.93. The molecule has 1 aromatic heterocycles. The Hall–Kier alpha value is -3.23. The van der Waals surface area contributed by atoms with Crippen LogP contribution in [-0.2, 0) is 6.42 Å². The van der Waals surface area contributed by atoms with E-state index < -0.39 is 0 Å². The molecule has 1 fully saturated rings. The van der Waals surface area contributed by atoms with Crippen molar-refractivity contribution in [1.82, 2.24) is 15.0 Å². The van der Waals surface area contributed by atoms with E-state index in [1.54, 1.807) is 18.2 Å². The molecule has 2 aliphatic heterocycles. The molecule has 2 aliphatic rings. The molecule has 0 aliphatic carbocycles. The molecule has 0 bridgehead atoms. The second kappa shape index (κ2) is 9.33. The number of aromatic hydroxyl groups is 1. The Balaban J connectivity index is 1.56. The van der Waals surface area contributed by atoms with Crippen molar-refractivity contribution in [1.29, 1.82) is 0 Å². The lowest BCUT2D eigenvalue weighted by molar-refractivity contribution is 0.202. The van der Waals surface area contributed by atoms with E-state index in [1.807, 2.05) is 18.2 Å². The molecular weight excluding hydrogens is 418 g/mol. The Morgan fingerprint density at radius 1 is 0.848 bits per heavy atom. The molecule has 8 nitrogen and oxygen atoms in total. The van der Waals surface area contributed by atoms with Crippen molar-refractivity contribution in [2.75, 3.05) is 42.6 Å². The average molecular weight is 448 g/mol. The summed E-state index contributed by atoms with van der Waals surface area (Å²) in [6, 6.07) is 14.9. The van der Waals surface area contributed by atoms with Crippen LogP contribution in [0.15, 0.2) is 48.5 Å². The first-order valence-electron chi connectivity index (χ1n) is 11.5. The molecule has 33 heavy (non-hydrogen) atoms. The molecule has 2 aromatic carbocycles. The number of anilines is 2. The topological polar surface area (TPSA) is 106 Å². The highest BCUT2D eigenvalue weighted by atomic mass is 16.3. The first-order valence-corrected chi connectivity index (χ1v) is 11.5. The number of aliphatic hydroxyl groups excluding tert-OH is 2. The van der Waals surface area contributed by atoms with Crippen molar-refractivity contribution in [3.05, 3.63) is 59.7 Å². The highest BCUT2D eigenvalue weighted by Crippen LogP contribution is 2.34. The second-order valence-electron chi connectivity index (χ2n) is 8.76. The number of hydrogen-bond acceptors (Lipinski definition) is 8. The van der Waals surface area contributed by atoms with Crippen LogP contribution in [0.2, 0.25) is 0 Å². The first-order chi connectivity index (χ1) is 16.2. The summed E-state index contributed by atoms with van der Waals surface area (Å²) in [6.07, 6.45) is 2.61. The van der Waals surface area contributed by atoms with Crippen molar-refractivity contribution in [2.24, 2.45) is 5.92 Å². The van der Waals surface area contributed by atoms with Gasteiger partial charge in [-0.2, -0.15) is 15.0 Å². The van der Waals surface area contributed by atoms with Gasteiger partial charge in [0.15, 0.2) is 5.82 Å². The maximum absolute atomic E-state index is 10.3. The number of phenols is 1. The fraction of sp³-hybridized carbons (Fsp3) is 0.400. The van der Waals surface area contributed by atoms with Gasteiger partial charge >= 0.3 is 0 Å². The fourth-order valence-corrected chi connectivity index (χ4v) is 4.80. The molecule has 0 spiro atoms. The van der Waals surface area contributed by atoms with Gasteiger partial charge in [-0.3, -0.25) is 0 Å². The SMILES string of the molecule is OCC1CCN(c2nc(-c3cccc(O)c3)nc(N3CCc4ccccc4[C@@H]3CO)n2)CC1. The zero-order valence-corrected chi connectivity index (χ0v) is 18.5. The molecule has 0 saturated carbocycles. The molecule has 172 valence electrons. The zero-order valence-electron chi connectivity index (χ0n) is 18.5. The molecular formula is C25H29N5O3. The Morgan fingerprint density at radius 2 is 1.64 bits per heavy atom. The Labute approximate surface area is 193 Å². The molecule has 3 N–H and O–H groups in total. The van der Waals surface area contributed by atoms with E-state index in [0.29, 0.717) is 35.7 Å². The van der Waals surface area contributed by atoms with Crippen molar-refractivity contribution in [2.45, 2.75) is 25.3 Å². The van der Waals surface area contributed by atoms with Crippen molar-refractivity contribution < 1.29 is 15.3 Å². The van der Waals surface area contributed by atoms with E-state index in [0.717, 1.165) is 37.9 Å². The van der Waals surface area contributed by atoms with Gasteiger partial charge in [0.1, 0.15) is 5.75 Å². The number of aliphatic hydroxyl groups is 2. The molecule has 0 radical (unpaired) electrons.